The van der Waals surface area contributed by atoms with E-state index in [1.54, 1.807) is 58.4 Å². The van der Waals surface area contributed by atoms with Crippen LogP contribution in [-0.2, 0) is 14.2 Å². The van der Waals surface area contributed by atoms with Crippen LogP contribution in [0.5, 0.6) is 0 Å². The minimum absolute atomic E-state index is 0.100. The fourth-order valence-corrected chi connectivity index (χ4v) is 4.59. The summed E-state index contributed by atoms with van der Waals surface area (Å²) in [4.78, 5) is 43.1. The molecule has 2 aromatic carbocycles. The van der Waals surface area contributed by atoms with Gasteiger partial charge in [0.2, 0.25) is 0 Å². The zero-order valence-electron chi connectivity index (χ0n) is 21.9. The van der Waals surface area contributed by atoms with Crippen LogP contribution in [0.2, 0.25) is 0 Å². The predicted molar refractivity (Wildman–Crippen MR) is 143 cm³/mol. The fourth-order valence-electron chi connectivity index (χ4n) is 4.59. The topological polar surface area (TPSA) is 123 Å². The first-order chi connectivity index (χ1) is 19.5. The number of rotatable bonds is 7. The molecule has 11 nitrogen and oxygen atoms in total. The maximum atomic E-state index is 13.0. The molecule has 6 rings (SSSR count). The van der Waals surface area contributed by atoms with Crippen LogP contribution in [0.15, 0.2) is 79.9 Å². The number of nitrogens with zero attached hydrogens (tertiary/aromatic N) is 6. The summed E-state index contributed by atoms with van der Waals surface area (Å²) in [6, 6.07) is 14.2. The molecule has 1 aliphatic rings. The largest absolute Gasteiger partial charge is 0.459 e. The van der Waals surface area contributed by atoms with E-state index >= 15 is 0 Å². The standard InChI is InChI=1S/C29H26N6O5/c1-18-3-7-20(8-4-18)28(36)38-14-23-22(40-29(37)21-9-5-19(2)6-10-21)13-24(39-23)35-17-33-25-26(31-15-32-27(25)35)34-12-11-30-16-34/h3-12,15-17,22-24H,13-14H2,1-2H3/t22?,23-,24-/m1/s1. The average molecular weight is 539 g/mol. The Kier molecular flexibility index (Phi) is 6.79. The van der Waals surface area contributed by atoms with Crippen LogP contribution in [0.1, 0.15) is 44.5 Å². The number of fused-ring (bicyclic) bond motifs is 1. The van der Waals surface area contributed by atoms with Crippen molar-refractivity contribution >= 4 is 23.1 Å². The van der Waals surface area contributed by atoms with Gasteiger partial charge in [0.05, 0.1) is 17.5 Å². The molecule has 3 atom stereocenters. The first-order valence-corrected chi connectivity index (χ1v) is 12.8. The lowest BCUT2D eigenvalue weighted by atomic mass is 10.1. The summed E-state index contributed by atoms with van der Waals surface area (Å²) < 4.78 is 21.3. The number of ether oxygens (including phenoxy) is 3. The summed E-state index contributed by atoms with van der Waals surface area (Å²) in [7, 11) is 0. The number of aromatic nitrogens is 6. The molecule has 4 heterocycles. The maximum Gasteiger partial charge on any atom is 0.338 e. The van der Waals surface area contributed by atoms with Crippen LogP contribution < -0.4 is 0 Å². The Morgan fingerprint density at radius 2 is 1.62 bits per heavy atom. The van der Waals surface area contributed by atoms with Crippen LogP contribution in [0.4, 0.5) is 0 Å². The van der Waals surface area contributed by atoms with Gasteiger partial charge in [-0.05, 0) is 38.1 Å². The van der Waals surface area contributed by atoms with Gasteiger partial charge in [-0.1, -0.05) is 35.4 Å². The summed E-state index contributed by atoms with van der Waals surface area (Å²) in [5.41, 5.74) is 4.03. The third kappa shape index (κ3) is 5.06. The first kappa shape index (κ1) is 25.4. The molecular formula is C29H26N6O5. The Balaban J connectivity index is 1.25. The molecule has 1 saturated heterocycles. The molecule has 40 heavy (non-hydrogen) atoms. The van der Waals surface area contributed by atoms with E-state index in [1.807, 2.05) is 38.1 Å². The van der Waals surface area contributed by atoms with E-state index in [-0.39, 0.29) is 6.61 Å². The highest BCUT2D eigenvalue weighted by Crippen LogP contribution is 2.34. The SMILES string of the molecule is Cc1ccc(C(=O)OC[C@H]2O[C@@H](n3cnc4c(-n5ccnc5)ncnc43)CC2OC(=O)c2ccc(C)cc2)cc1. The quantitative estimate of drug-likeness (QED) is 0.283. The van der Waals surface area contributed by atoms with E-state index < -0.39 is 30.4 Å². The minimum atomic E-state index is -0.707. The zero-order chi connectivity index (χ0) is 27.6. The monoisotopic (exact) mass is 538 g/mol. The number of imidazole rings is 2. The number of carbonyl (C=O) groups excluding carboxylic acids is 2. The van der Waals surface area contributed by atoms with Crippen molar-refractivity contribution in [1.82, 2.24) is 29.1 Å². The third-order valence-corrected chi connectivity index (χ3v) is 6.79. The molecule has 3 aromatic heterocycles. The second-order valence-corrected chi connectivity index (χ2v) is 9.63. The highest BCUT2D eigenvalue weighted by molar-refractivity contribution is 5.90. The summed E-state index contributed by atoms with van der Waals surface area (Å²) in [5.74, 6) is -0.393. The van der Waals surface area contributed by atoms with Crippen LogP contribution in [-0.4, -0.2) is 59.8 Å². The lowest BCUT2D eigenvalue weighted by molar-refractivity contribution is -0.0563. The molecule has 1 unspecified atom stereocenters. The summed E-state index contributed by atoms with van der Waals surface area (Å²) in [6.45, 7) is 3.79. The molecular weight excluding hydrogens is 512 g/mol. The van der Waals surface area contributed by atoms with Crippen molar-refractivity contribution < 1.29 is 23.8 Å². The van der Waals surface area contributed by atoms with E-state index in [1.165, 1.54) is 6.33 Å². The van der Waals surface area contributed by atoms with Crippen molar-refractivity contribution in [2.75, 3.05) is 6.61 Å². The summed E-state index contributed by atoms with van der Waals surface area (Å²) in [5, 5.41) is 0. The van der Waals surface area contributed by atoms with Gasteiger partial charge in [0.25, 0.3) is 0 Å². The van der Waals surface area contributed by atoms with Gasteiger partial charge in [-0.25, -0.2) is 29.5 Å². The van der Waals surface area contributed by atoms with Gasteiger partial charge in [0.1, 0.15) is 37.7 Å². The van der Waals surface area contributed by atoms with Crippen molar-refractivity contribution in [3.63, 3.8) is 0 Å². The Labute approximate surface area is 229 Å². The van der Waals surface area contributed by atoms with Crippen molar-refractivity contribution in [3.8, 4) is 5.82 Å². The van der Waals surface area contributed by atoms with Crippen molar-refractivity contribution in [3.05, 3.63) is 102 Å². The van der Waals surface area contributed by atoms with E-state index in [9.17, 15) is 9.59 Å². The molecule has 5 aromatic rings. The van der Waals surface area contributed by atoms with Crippen molar-refractivity contribution in [1.29, 1.82) is 0 Å². The molecule has 0 radical (unpaired) electrons. The highest BCUT2D eigenvalue weighted by atomic mass is 16.6. The van der Waals surface area contributed by atoms with E-state index in [2.05, 4.69) is 19.9 Å². The minimum Gasteiger partial charge on any atom is -0.459 e. The van der Waals surface area contributed by atoms with Crippen LogP contribution in [0.3, 0.4) is 0 Å². The number of benzene rings is 2. The van der Waals surface area contributed by atoms with Gasteiger partial charge in [0, 0.05) is 18.8 Å². The second-order valence-electron chi connectivity index (χ2n) is 9.63. The first-order valence-electron chi connectivity index (χ1n) is 12.8. The second kappa shape index (κ2) is 10.7. The van der Waals surface area contributed by atoms with Gasteiger partial charge in [-0.15, -0.1) is 0 Å². The zero-order valence-corrected chi connectivity index (χ0v) is 21.9. The molecule has 11 heteroatoms. The van der Waals surface area contributed by atoms with E-state index in [4.69, 9.17) is 14.2 Å². The molecule has 1 aliphatic heterocycles. The Morgan fingerprint density at radius 3 is 2.30 bits per heavy atom. The molecule has 0 amide bonds. The normalized spacial score (nSPS) is 18.6. The number of hydrogen-bond acceptors (Lipinski definition) is 9. The molecule has 0 saturated carbocycles. The highest BCUT2D eigenvalue weighted by Gasteiger charge is 2.40. The van der Waals surface area contributed by atoms with Gasteiger partial charge >= 0.3 is 11.9 Å². The molecule has 202 valence electrons. The summed E-state index contributed by atoms with van der Waals surface area (Å²) in [6.07, 6.45) is 6.45. The Hall–Kier alpha value is -4.90. The van der Waals surface area contributed by atoms with Crippen molar-refractivity contribution in [2.24, 2.45) is 0 Å². The number of esters is 2. The number of carbonyl (C=O) groups is 2. The summed E-state index contributed by atoms with van der Waals surface area (Å²) >= 11 is 0. The lowest BCUT2D eigenvalue weighted by Crippen LogP contribution is -2.32. The average Bonchev–Trinajstić information content (AvgIpc) is 3.72. The molecule has 1 fully saturated rings. The Morgan fingerprint density at radius 1 is 0.925 bits per heavy atom. The smallest absolute Gasteiger partial charge is 0.338 e. The van der Waals surface area contributed by atoms with Gasteiger partial charge < -0.3 is 14.2 Å². The van der Waals surface area contributed by atoms with Crippen LogP contribution >= 0.6 is 0 Å². The molecule has 0 spiro atoms. The van der Waals surface area contributed by atoms with Gasteiger partial charge in [-0.2, -0.15) is 0 Å². The Bertz CT molecular complexity index is 1650. The van der Waals surface area contributed by atoms with Gasteiger partial charge in [-0.3, -0.25) is 9.13 Å². The maximum absolute atomic E-state index is 13.0. The third-order valence-electron chi connectivity index (χ3n) is 6.79. The van der Waals surface area contributed by atoms with E-state index in [0.717, 1.165) is 11.1 Å². The molecule has 0 bridgehead atoms. The van der Waals surface area contributed by atoms with E-state index in [0.29, 0.717) is 34.5 Å². The number of hydrogen-bond donors (Lipinski definition) is 0. The number of aryl methyl sites for hydroxylation is 2. The van der Waals surface area contributed by atoms with Crippen LogP contribution in [0.25, 0.3) is 17.0 Å². The molecule has 0 aliphatic carbocycles. The molecule has 0 N–H and O–H groups in total. The lowest BCUT2D eigenvalue weighted by Gasteiger charge is -2.19. The fraction of sp³-hybridized carbons (Fsp3) is 0.241. The predicted octanol–water partition coefficient (Wildman–Crippen LogP) is 4.00. The van der Waals surface area contributed by atoms with Gasteiger partial charge in [0.15, 0.2) is 17.0 Å². The van der Waals surface area contributed by atoms with Crippen LogP contribution in [0, 0.1) is 13.8 Å². The van der Waals surface area contributed by atoms with Crippen molar-refractivity contribution in [2.45, 2.75) is 38.7 Å².